The molecule has 0 amide bonds. The van der Waals surface area contributed by atoms with Gasteiger partial charge in [-0.1, -0.05) is 92.1 Å². The van der Waals surface area contributed by atoms with Crippen LogP contribution in [0.3, 0.4) is 0 Å². The Kier molecular flexibility index (Phi) is 13.1. The van der Waals surface area contributed by atoms with Gasteiger partial charge in [-0.2, -0.15) is 0 Å². The monoisotopic (exact) mass is 988 g/mol. The quantitative estimate of drug-likeness (QED) is 0.126. The first-order chi connectivity index (χ1) is 36.9. The first-order valence-electron chi connectivity index (χ1n) is 28.8. The lowest BCUT2D eigenvalue weighted by molar-refractivity contribution is -0.606. The van der Waals surface area contributed by atoms with E-state index in [-0.39, 0.29) is 18.5 Å². The van der Waals surface area contributed by atoms with Crippen LogP contribution in [0.25, 0.3) is 33.4 Å². The molecule has 3 unspecified atom stereocenters. The first kappa shape index (κ1) is 47.6. The van der Waals surface area contributed by atoms with Gasteiger partial charge in [-0.15, -0.1) is 0 Å². The Bertz CT molecular complexity index is 2960. The van der Waals surface area contributed by atoms with Crippen molar-refractivity contribution in [1.82, 2.24) is 0 Å². The van der Waals surface area contributed by atoms with Crippen molar-refractivity contribution in [2.45, 2.75) is 154 Å². The van der Waals surface area contributed by atoms with E-state index in [9.17, 15) is 0 Å². The van der Waals surface area contributed by atoms with Gasteiger partial charge in [0, 0.05) is 76.0 Å². The number of benzene rings is 7. The molecule has 0 bridgehead atoms. The molecule has 3 saturated carbocycles. The standard InChI is InChI=1S/C69H72N6/c1-46-61-25-13-16-28-64(61)70-67(73(46)58-19-7-4-8-20-58)52-37-31-49(32-38-52)55-43-56(50-33-39-53(40-34-50)68-71-65-29-17-14-26-62(65)47(2)74(68)59-21-9-5-10-22-59)45-57(44-55)51-35-41-54(42-36-51)69-72-66-30-18-15-27-63(66)48(3)75(69)60-23-11-6-12-24-60/h13-18,25-45,58-60,67-69H,4-12,19-24H2,1-3H3/p+3. The van der Waals surface area contributed by atoms with Crippen molar-refractivity contribution in [1.29, 1.82) is 0 Å². The minimum absolute atomic E-state index is 0.0843. The maximum atomic E-state index is 4.01. The smallest absolute Gasteiger partial charge is 0.253 e. The summed E-state index contributed by atoms with van der Waals surface area (Å²) in [6, 6.07) is 64.1. The lowest BCUT2D eigenvalue weighted by atomic mass is 9.90. The number of fused-ring (bicyclic) bond motifs is 3. The highest BCUT2D eigenvalue weighted by atomic mass is 15.3. The molecule has 3 fully saturated rings. The van der Waals surface area contributed by atoms with Gasteiger partial charge in [0.15, 0.2) is 35.3 Å². The molecule has 7 aromatic rings. The van der Waals surface area contributed by atoms with Crippen LogP contribution in [-0.4, -0.2) is 49.0 Å². The van der Waals surface area contributed by atoms with Crippen LogP contribution >= 0.6 is 0 Å². The van der Waals surface area contributed by atoms with E-state index >= 15 is 0 Å². The topological polar surface area (TPSA) is 45.1 Å². The first-order valence-corrected chi connectivity index (χ1v) is 28.8. The van der Waals surface area contributed by atoms with Crippen molar-refractivity contribution in [3.63, 3.8) is 0 Å². The molecule has 378 valence electrons. The van der Waals surface area contributed by atoms with Crippen LogP contribution in [0.2, 0.25) is 0 Å². The summed E-state index contributed by atoms with van der Waals surface area (Å²) in [4.78, 5) is 0. The fourth-order valence-electron chi connectivity index (χ4n) is 14.4. The number of para-hydroxylation sites is 3. The molecule has 0 radical (unpaired) electrons. The molecule has 3 N–H and O–H groups in total. The molecule has 6 heteroatoms. The van der Waals surface area contributed by atoms with E-state index in [4.69, 9.17) is 0 Å². The van der Waals surface area contributed by atoms with E-state index in [0.717, 1.165) is 0 Å². The second kappa shape index (κ2) is 20.6. The Morgan fingerprint density at radius 1 is 0.293 bits per heavy atom. The number of hydrogen-bond acceptors (Lipinski definition) is 3. The Morgan fingerprint density at radius 2 is 0.547 bits per heavy atom. The van der Waals surface area contributed by atoms with Crippen LogP contribution in [0.15, 0.2) is 164 Å². The fourth-order valence-corrected chi connectivity index (χ4v) is 14.4. The van der Waals surface area contributed by atoms with Gasteiger partial charge in [0.25, 0.3) is 18.5 Å². The molecule has 6 nitrogen and oxygen atoms in total. The summed E-state index contributed by atoms with van der Waals surface area (Å²) < 4.78 is 8.15. The average molecular weight is 988 g/mol. The van der Waals surface area contributed by atoms with E-state index in [1.807, 2.05) is 0 Å². The summed E-state index contributed by atoms with van der Waals surface area (Å²) in [6.45, 7) is 7.03. The third-order valence-electron chi connectivity index (χ3n) is 18.3. The molecule has 7 aromatic carbocycles. The molecular weight excluding hydrogens is 913 g/mol. The lowest BCUT2D eigenvalue weighted by Gasteiger charge is -2.32. The van der Waals surface area contributed by atoms with E-state index < -0.39 is 0 Å². The van der Waals surface area contributed by atoms with Crippen molar-refractivity contribution in [2.24, 2.45) is 0 Å². The highest BCUT2D eigenvalue weighted by Gasteiger charge is 2.41. The summed E-state index contributed by atoms with van der Waals surface area (Å²) in [5.41, 5.74) is 23.1. The van der Waals surface area contributed by atoms with Crippen molar-refractivity contribution < 1.29 is 13.7 Å². The number of anilines is 3. The second-order valence-corrected chi connectivity index (χ2v) is 22.8. The van der Waals surface area contributed by atoms with Gasteiger partial charge in [-0.3, -0.25) is 0 Å². The molecule has 3 atom stereocenters. The molecule has 75 heavy (non-hydrogen) atoms. The van der Waals surface area contributed by atoms with Crippen LogP contribution in [0.4, 0.5) is 17.1 Å². The maximum Gasteiger partial charge on any atom is 0.253 e. The molecule has 0 saturated heterocycles. The van der Waals surface area contributed by atoms with Crippen LogP contribution in [0, 0.1) is 0 Å². The van der Waals surface area contributed by atoms with Crippen molar-refractivity contribution in [3.8, 4) is 33.4 Å². The summed E-state index contributed by atoms with van der Waals surface area (Å²) in [6.07, 6.45) is 19.6. The predicted octanol–water partition coefficient (Wildman–Crippen LogP) is 16.5. The molecule has 3 aliphatic carbocycles. The number of nitrogens with one attached hydrogen (secondary N) is 3. The van der Waals surface area contributed by atoms with Crippen molar-refractivity contribution in [2.75, 3.05) is 16.0 Å². The molecule has 3 heterocycles. The average Bonchev–Trinajstić information content (AvgIpc) is 3.48. The summed E-state index contributed by atoms with van der Waals surface area (Å²) in [5.74, 6) is 0. The normalized spacial score (nSPS) is 21.4. The Balaban J connectivity index is 0.870. The molecule has 13 rings (SSSR count). The van der Waals surface area contributed by atoms with Gasteiger partial charge >= 0.3 is 0 Å². The predicted molar refractivity (Wildman–Crippen MR) is 312 cm³/mol. The fraction of sp³-hybridized carbons (Fsp3) is 0.348. The van der Waals surface area contributed by atoms with Crippen LogP contribution in [0.1, 0.15) is 169 Å². The Labute approximate surface area is 446 Å². The summed E-state index contributed by atoms with van der Waals surface area (Å²) >= 11 is 0. The third kappa shape index (κ3) is 9.12. The third-order valence-corrected chi connectivity index (χ3v) is 18.3. The number of nitrogens with zero attached hydrogens (tertiary/aromatic N) is 3. The molecule has 0 spiro atoms. The largest absolute Gasteiger partial charge is 0.323 e. The van der Waals surface area contributed by atoms with E-state index in [2.05, 4.69) is 214 Å². The second-order valence-electron chi connectivity index (χ2n) is 22.8. The van der Waals surface area contributed by atoms with Gasteiger partial charge in [0.2, 0.25) is 0 Å². The lowest BCUT2D eigenvalue weighted by Crippen LogP contribution is -2.42. The zero-order chi connectivity index (χ0) is 50.4. The highest BCUT2D eigenvalue weighted by molar-refractivity contribution is 6.02. The van der Waals surface area contributed by atoms with E-state index in [0.29, 0.717) is 18.1 Å². The minimum atomic E-state index is 0.0843. The van der Waals surface area contributed by atoms with Crippen molar-refractivity contribution in [3.05, 3.63) is 197 Å². The van der Waals surface area contributed by atoms with Crippen molar-refractivity contribution >= 4 is 34.2 Å². The molecule has 6 aliphatic rings. The zero-order valence-electron chi connectivity index (χ0n) is 44.5. The van der Waals surface area contributed by atoms with Crippen LogP contribution in [0.5, 0.6) is 0 Å². The van der Waals surface area contributed by atoms with Gasteiger partial charge in [0.05, 0.1) is 33.8 Å². The Morgan fingerprint density at radius 3 is 0.813 bits per heavy atom. The van der Waals surface area contributed by atoms with Gasteiger partial charge in [-0.25, -0.2) is 13.7 Å². The number of rotatable bonds is 9. The highest BCUT2D eigenvalue weighted by Crippen LogP contribution is 2.41. The van der Waals surface area contributed by atoms with E-state index in [1.165, 1.54) is 197 Å². The van der Waals surface area contributed by atoms with Crippen LogP contribution in [-0.2, 0) is 0 Å². The van der Waals surface area contributed by atoms with Gasteiger partial charge in [-0.05, 0) is 163 Å². The maximum absolute atomic E-state index is 4.01. The summed E-state index contributed by atoms with van der Waals surface area (Å²) in [5, 5.41) is 12.0. The molecule has 3 aliphatic heterocycles. The van der Waals surface area contributed by atoms with E-state index in [1.54, 1.807) is 0 Å². The molecular formula is C69H75N6+3. The minimum Gasteiger partial charge on any atom is -0.323 e. The SMILES string of the molecule is CC1=[N+](C2CCCCC2)C(c2ccc(-c3cc(-c4ccc(C5Nc6ccccc6C(C)=[N+]5C5CCCCC5)cc4)cc(-c4ccc(C5Nc6ccccc6C(C)=[N+]5C5CCCCC5)cc4)c3)cc2)Nc2ccccc21. The zero-order valence-corrected chi connectivity index (χ0v) is 44.5. The van der Waals surface area contributed by atoms with Gasteiger partial charge < -0.3 is 16.0 Å². The van der Waals surface area contributed by atoms with Gasteiger partial charge in [0.1, 0.15) is 0 Å². The summed E-state index contributed by atoms with van der Waals surface area (Å²) in [7, 11) is 0. The van der Waals surface area contributed by atoms with Crippen LogP contribution < -0.4 is 16.0 Å². The number of hydrogen-bond donors (Lipinski definition) is 3. The molecule has 0 aromatic heterocycles. The Hall–Kier alpha value is -7.05.